The van der Waals surface area contributed by atoms with Crippen molar-refractivity contribution in [2.45, 2.75) is 19.6 Å². The molecule has 0 aromatic heterocycles. The van der Waals surface area contributed by atoms with Crippen LogP contribution in [-0.4, -0.2) is 26.4 Å². The molecule has 1 aromatic rings. The van der Waals surface area contributed by atoms with Crippen LogP contribution >= 0.6 is 0 Å². The molecular weight excluding hydrogens is 204 g/mol. The lowest BCUT2D eigenvalue weighted by Crippen LogP contribution is -2.40. The van der Waals surface area contributed by atoms with Crippen molar-refractivity contribution in [3.8, 4) is 5.75 Å². The van der Waals surface area contributed by atoms with E-state index in [0.29, 0.717) is 25.2 Å². The largest absolute Gasteiger partial charge is 0.497 e. The summed E-state index contributed by atoms with van der Waals surface area (Å²) < 4.78 is 16.1. The molecule has 1 aliphatic heterocycles. The van der Waals surface area contributed by atoms with Gasteiger partial charge in [0.15, 0.2) is 0 Å². The Labute approximate surface area is 96.3 Å². The van der Waals surface area contributed by atoms with Gasteiger partial charge in [0.1, 0.15) is 5.75 Å². The van der Waals surface area contributed by atoms with E-state index >= 15 is 0 Å². The summed E-state index contributed by atoms with van der Waals surface area (Å²) >= 11 is 0. The number of rotatable bonds is 5. The van der Waals surface area contributed by atoms with Crippen molar-refractivity contribution in [3.05, 3.63) is 29.8 Å². The Kier molecular flexibility index (Phi) is 3.80. The highest BCUT2D eigenvalue weighted by Crippen LogP contribution is 2.20. The molecule has 1 fully saturated rings. The van der Waals surface area contributed by atoms with Crippen molar-refractivity contribution in [2.75, 3.05) is 20.3 Å². The van der Waals surface area contributed by atoms with E-state index < -0.39 is 0 Å². The highest BCUT2D eigenvalue weighted by atomic mass is 16.5. The Bertz CT molecular complexity index is 320. The molecule has 0 unspecified atom stereocenters. The highest BCUT2D eigenvalue weighted by molar-refractivity contribution is 5.26. The fraction of sp³-hybridized carbons (Fsp3) is 0.538. The third kappa shape index (κ3) is 2.74. The molecule has 3 heteroatoms. The second-order valence-corrected chi connectivity index (χ2v) is 4.21. The van der Waals surface area contributed by atoms with Gasteiger partial charge < -0.3 is 14.2 Å². The molecule has 0 amide bonds. The lowest BCUT2D eigenvalue weighted by molar-refractivity contribution is -0.141. The summed E-state index contributed by atoms with van der Waals surface area (Å²) in [6, 6.07) is 7.93. The second kappa shape index (κ2) is 5.32. The number of hydrogen-bond donors (Lipinski definition) is 0. The van der Waals surface area contributed by atoms with Gasteiger partial charge in [-0.3, -0.25) is 0 Å². The first-order valence-corrected chi connectivity index (χ1v) is 5.62. The van der Waals surface area contributed by atoms with Crippen LogP contribution in [0.5, 0.6) is 5.75 Å². The van der Waals surface area contributed by atoms with E-state index in [1.807, 2.05) is 24.3 Å². The summed E-state index contributed by atoms with van der Waals surface area (Å²) in [6.07, 6.45) is 0.290. The second-order valence-electron chi connectivity index (χ2n) is 4.21. The van der Waals surface area contributed by atoms with E-state index in [1.165, 1.54) is 0 Å². The summed E-state index contributed by atoms with van der Waals surface area (Å²) in [5.74, 6) is 1.51. The van der Waals surface area contributed by atoms with Gasteiger partial charge in [-0.1, -0.05) is 19.1 Å². The summed E-state index contributed by atoms with van der Waals surface area (Å²) in [6.45, 7) is 4.38. The third-order valence-corrected chi connectivity index (χ3v) is 2.92. The maximum Gasteiger partial charge on any atom is 0.118 e. The maximum absolute atomic E-state index is 5.60. The van der Waals surface area contributed by atoms with Crippen molar-refractivity contribution in [2.24, 2.45) is 5.92 Å². The van der Waals surface area contributed by atoms with E-state index in [9.17, 15) is 0 Å². The zero-order chi connectivity index (χ0) is 11.4. The fourth-order valence-electron chi connectivity index (χ4n) is 1.65. The van der Waals surface area contributed by atoms with Gasteiger partial charge in [0, 0.05) is 5.92 Å². The first kappa shape index (κ1) is 11.4. The van der Waals surface area contributed by atoms with Gasteiger partial charge in [0.2, 0.25) is 0 Å². The van der Waals surface area contributed by atoms with E-state index in [1.54, 1.807) is 7.11 Å². The SMILES string of the molecule is COc1ccc(COC[C@H]2OC[C@H]2C)cc1. The average Bonchev–Trinajstić information content (AvgIpc) is 2.33. The Morgan fingerprint density at radius 1 is 1.31 bits per heavy atom. The van der Waals surface area contributed by atoms with Crippen LogP contribution in [0.15, 0.2) is 24.3 Å². The number of methoxy groups -OCH3 is 1. The van der Waals surface area contributed by atoms with E-state index in [2.05, 4.69) is 6.92 Å². The van der Waals surface area contributed by atoms with Crippen molar-refractivity contribution in [1.29, 1.82) is 0 Å². The van der Waals surface area contributed by atoms with Crippen LogP contribution < -0.4 is 4.74 Å². The topological polar surface area (TPSA) is 27.7 Å². The molecular formula is C13H18O3. The lowest BCUT2D eigenvalue weighted by atomic mass is 10.0. The van der Waals surface area contributed by atoms with Gasteiger partial charge in [-0.05, 0) is 17.7 Å². The standard InChI is InChI=1S/C13H18O3/c1-10-7-16-13(10)9-15-8-11-3-5-12(14-2)6-4-11/h3-6,10,13H,7-9H2,1-2H3/t10-,13-/m1/s1. The Balaban J connectivity index is 1.72. The molecule has 2 atom stereocenters. The summed E-state index contributed by atoms with van der Waals surface area (Å²) in [5, 5.41) is 0. The van der Waals surface area contributed by atoms with Gasteiger partial charge in [-0.25, -0.2) is 0 Å². The van der Waals surface area contributed by atoms with Crippen molar-refractivity contribution in [1.82, 2.24) is 0 Å². The minimum Gasteiger partial charge on any atom is -0.497 e. The monoisotopic (exact) mass is 222 g/mol. The molecule has 2 rings (SSSR count). The quantitative estimate of drug-likeness (QED) is 0.764. The zero-order valence-corrected chi connectivity index (χ0v) is 9.81. The van der Waals surface area contributed by atoms with Crippen molar-refractivity contribution >= 4 is 0 Å². The molecule has 3 nitrogen and oxygen atoms in total. The molecule has 1 aliphatic rings. The molecule has 1 aromatic carbocycles. The first-order valence-electron chi connectivity index (χ1n) is 5.62. The zero-order valence-electron chi connectivity index (χ0n) is 9.81. The smallest absolute Gasteiger partial charge is 0.118 e. The van der Waals surface area contributed by atoms with Crippen LogP contribution in [0.3, 0.4) is 0 Å². The van der Waals surface area contributed by atoms with E-state index in [0.717, 1.165) is 17.9 Å². The normalized spacial score (nSPS) is 23.9. The highest BCUT2D eigenvalue weighted by Gasteiger charge is 2.27. The number of benzene rings is 1. The molecule has 88 valence electrons. The molecule has 0 saturated carbocycles. The average molecular weight is 222 g/mol. The van der Waals surface area contributed by atoms with Crippen LogP contribution in [-0.2, 0) is 16.1 Å². The lowest BCUT2D eigenvalue weighted by Gasteiger charge is -2.33. The molecule has 0 N–H and O–H groups in total. The molecule has 0 bridgehead atoms. The fourth-order valence-corrected chi connectivity index (χ4v) is 1.65. The molecule has 1 heterocycles. The van der Waals surface area contributed by atoms with E-state index in [-0.39, 0.29) is 0 Å². The first-order chi connectivity index (χ1) is 7.79. The van der Waals surface area contributed by atoms with Gasteiger partial charge >= 0.3 is 0 Å². The van der Waals surface area contributed by atoms with Crippen LogP contribution in [0.1, 0.15) is 12.5 Å². The van der Waals surface area contributed by atoms with Crippen LogP contribution in [0.2, 0.25) is 0 Å². The van der Waals surface area contributed by atoms with Crippen LogP contribution in [0.4, 0.5) is 0 Å². The van der Waals surface area contributed by atoms with Gasteiger partial charge in [-0.15, -0.1) is 0 Å². The molecule has 0 spiro atoms. The minimum atomic E-state index is 0.290. The van der Waals surface area contributed by atoms with Gasteiger partial charge in [-0.2, -0.15) is 0 Å². The van der Waals surface area contributed by atoms with Crippen molar-refractivity contribution in [3.63, 3.8) is 0 Å². The minimum absolute atomic E-state index is 0.290. The third-order valence-electron chi connectivity index (χ3n) is 2.92. The summed E-state index contributed by atoms with van der Waals surface area (Å²) in [5.41, 5.74) is 1.16. The Morgan fingerprint density at radius 2 is 2.06 bits per heavy atom. The molecule has 1 saturated heterocycles. The van der Waals surface area contributed by atoms with Gasteiger partial charge in [0.05, 0.1) is 33.0 Å². The maximum atomic E-state index is 5.60. The van der Waals surface area contributed by atoms with Crippen LogP contribution in [0.25, 0.3) is 0 Å². The number of ether oxygens (including phenoxy) is 3. The number of hydrogen-bond acceptors (Lipinski definition) is 3. The Hall–Kier alpha value is -1.06. The summed E-state index contributed by atoms with van der Waals surface area (Å²) in [4.78, 5) is 0. The molecule has 16 heavy (non-hydrogen) atoms. The van der Waals surface area contributed by atoms with Gasteiger partial charge in [0.25, 0.3) is 0 Å². The summed E-state index contributed by atoms with van der Waals surface area (Å²) in [7, 11) is 1.67. The molecule has 0 aliphatic carbocycles. The Morgan fingerprint density at radius 3 is 2.56 bits per heavy atom. The van der Waals surface area contributed by atoms with E-state index in [4.69, 9.17) is 14.2 Å². The van der Waals surface area contributed by atoms with Crippen LogP contribution in [0, 0.1) is 5.92 Å². The molecule has 0 radical (unpaired) electrons. The van der Waals surface area contributed by atoms with Crippen molar-refractivity contribution < 1.29 is 14.2 Å². The predicted molar refractivity (Wildman–Crippen MR) is 61.6 cm³/mol. The predicted octanol–water partition coefficient (Wildman–Crippen LogP) is 2.25.